The zero-order valence-electron chi connectivity index (χ0n) is 22.5. The van der Waals surface area contributed by atoms with E-state index < -0.39 is 28.5 Å². The van der Waals surface area contributed by atoms with Crippen molar-refractivity contribution in [1.82, 2.24) is 10.2 Å². The van der Waals surface area contributed by atoms with Crippen LogP contribution in [0.15, 0.2) is 77.3 Å². The van der Waals surface area contributed by atoms with Crippen LogP contribution < -0.4 is 9.62 Å². The van der Waals surface area contributed by atoms with Crippen molar-refractivity contribution in [2.24, 2.45) is 0 Å². The van der Waals surface area contributed by atoms with Crippen LogP contribution in [0.3, 0.4) is 0 Å². The topological polar surface area (TPSA) is 86.8 Å². The summed E-state index contributed by atoms with van der Waals surface area (Å²) in [6, 6.07) is 20.1. The molecule has 0 aliphatic heterocycles. The van der Waals surface area contributed by atoms with Gasteiger partial charge in [-0.2, -0.15) is 0 Å². The molecule has 3 rings (SSSR count). The molecule has 0 aromatic heterocycles. The Morgan fingerprint density at radius 1 is 0.950 bits per heavy atom. The first kappa shape index (κ1) is 31.9. The molecule has 11 heteroatoms. The Bertz CT molecular complexity index is 1400. The summed E-state index contributed by atoms with van der Waals surface area (Å²) >= 11 is 15.7. The van der Waals surface area contributed by atoms with Crippen LogP contribution in [-0.4, -0.2) is 50.0 Å². The fourth-order valence-corrected chi connectivity index (χ4v) is 5.69. The molecule has 0 saturated carbocycles. The molecule has 0 bridgehead atoms. The van der Waals surface area contributed by atoms with Gasteiger partial charge in [0.05, 0.1) is 11.9 Å². The number of anilines is 1. The lowest BCUT2D eigenvalue weighted by molar-refractivity contribution is -0.140. The van der Waals surface area contributed by atoms with Gasteiger partial charge in [-0.3, -0.25) is 13.9 Å². The number of carbonyl (C=O) groups is 2. The molecule has 1 N–H and O–H groups in total. The number of nitrogens with one attached hydrogen (secondary N) is 1. The maximum atomic E-state index is 14.1. The van der Waals surface area contributed by atoms with Gasteiger partial charge in [-0.05, 0) is 54.8 Å². The zero-order valence-corrected chi connectivity index (χ0v) is 26.4. The molecule has 0 aliphatic rings. The van der Waals surface area contributed by atoms with E-state index in [0.717, 1.165) is 26.2 Å². The van der Waals surface area contributed by atoms with E-state index in [2.05, 4.69) is 21.2 Å². The number of rotatable bonds is 12. The van der Waals surface area contributed by atoms with E-state index in [-0.39, 0.29) is 40.6 Å². The Labute approximate surface area is 254 Å². The number of carbonyl (C=O) groups excluding carboxylic acids is 2. The van der Waals surface area contributed by atoms with Crippen LogP contribution in [-0.2, 0) is 32.6 Å². The minimum atomic E-state index is -3.92. The first-order chi connectivity index (χ1) is 18.9. The molecule has 0 unspecified atom stereocenters. The van der Waals surface area contributed by atoms with Crippen LogP contribution in [0.25, 0.3) is 0 Å². The Hall–Kier alpha value is -2.59. The maximum absolute atomic E-state index is 14.1. The van der Waals surface area contributed by atoms with E-state index in [1.807, 2.05) is 68.4 Å². The van der Waals surface area contributed by atoms with Crippen molar-refractivity contribution in [3.63, 3.8) is 0 Å². The molecule has 0 aliphatic carbocycles. The van der Waals surface area contributed by atoms with Gasteiger partial charge in [0.25, 0.3) is 0 Å². The number of hydrogen-bond acceptors (Lipinski definition) is 4. The lowest BCUT2D eigenvalue weighted by Crippen LogP contribution is -2.54. The molecule has 214 valence electrons. The second-order valence-electron chi connectivity index (χ2n) is 9.57. The van der Waals surface area contributed by atoms with Crippen molar-refractivity contribution in [2.45, 2.75) is 45.3 Å². The van der Waals surface area contributed by atoms with Gasteiger partial charge in [0.1, 0.15) is 12.6 Å². The smallest absolute Gasteiger partial charge is 0.244 e. The van der Waals surface area contributed by atoms with Crippen molar-refractivity contribution in [1.29, 1.82) is 0 Å². The van der Waals surface area contributed by atoms with Gasteiger partial charge in [-0.15, -0.1) is 0 Å². The SMILES string of the molecule is CC[C@H](C)NC(=O)[C@H](Cc1ccccc1)N(Cc1ccc(Br)cc1)C(=O)CN(c1cc(Cl)cc(Cl)c1)S(C)(=O)=O. The third-order valence-corrected chi connectivity index (χ3v) is 8.46. The highest BCUT2D eigenvalue weighted by Crippen LogP contribution is 2.27. The van der Waals surface area contributed by atoms with Gasteiger partial charge in [-0.25, -0.2) is 8.42 Å². The number of halogens is 3. The van der Waals surface area contributed by atoms with Crippen LogP contribution in [0.1, 0.15) is 31.4 Å². The van der Waals surface area contributed by atoms with Crippen LogP contribution in [0.2, 0.25) is 10.0 Å². The lowest BCUT2D eigenvalue weighted by Gasteiger charge is -2.34. The van der Waals surface area contributed by atoms with Gasteiger partial charge in [0, 0.05) is 33.5 Å². The summed E-state index contributed by atoms with van der Waals surface area (Å²) in [5, 5.41) is 3.46. The second-order valence-corrected chi connectivity index (χ2v) is 13.3. The third kappa shape index (κ3) is 9.23. The Morgan fingerprint density at radius 3 is 2.10 bits per heavy atom. The van der Waals surface area contributed by atoms with Crippen molar-refractivity contribution in [3.8, 4) is 0 Å². The summed E-state index contributed by atoms with van der Waals surface area (Å²) in [5.74, 6) is -0.870. The van der Waals surface area contributed by atoms with E-state index in [9.17, 15) is 18.0 Å². The molecule has 40 heavy (non-hydrogen) atoms. The quantitative estimate of drug-likeness (QED) is 0.254. The van der Waals surface area contributed by atoms with Gasteiger partial charge < -0.3 is 10.2 Å². The predicted molar refractivity (Wildman–Crippen MR) is 165 cm³/mol. The summed E-state index contributed by atoms with van der Waals surface area (Å²) in [6.07, 6.45) is 1.96. The van der Waals surface area contributed by atoms with Crippen molar-refractivity contribution < 1.29 is 18.0 Å². The molecule has 0 fully saturated rings. The van der Waals surface area contributed by atoms with Crippen molar-refractivity contribution >= 4 is 66.7 Å². The molecular weight excluding hydrogens is 637 g/mol. The highest BCUT2D eigenvalue weighted by atomic mass is 79.9. The number of hydrogen-bond donors (Lipinski definition) is 1. The molecule has 2 atom stereocenters. The van der Waals surface area contributed by atoms with Crippen LogP contribution in [0, 0.1) is 0 Å². The average molecular weight is 669 g/mol. The summed E-state index contributed by atoms with van der Waals surface area (Å²) in [5.41, 5.74) is 1.80. The van der Waals surface area contributed by atoms with Crippen molar-refractivity contribution in [3.05, 3.63) is 98.4 Å². The number of amides is 2. The fraction of sp³-hybridized carbons (Fsp3) is 0.310. The first-order valence-electron chi connectivity index (χ1n) is 12.7. The number of sulfonamides is 1. The molecule has 7 nitrogen and oxygen atoms in total. The monoisotopic (exact) mass is 667 g/mol. The summed E-state index contributed by atoms with van der Waals surface area (Å²) in [7, 11) is -3.92. The minimum absolute atomic E-state index is 0.0887. The number of benzene rings is 3. The first-order valence-corrected chi connectivity index (χ1v) is 16.1. The fourth-order valence-electron chi connectivity index (χ4n) is 4.08. The predicted octanol–water partition coefficient (Wildman–Crippen LogP) is 6.08. The molecule has 3 aromatic rings. The second kappa shape index (κ2) is 14.3. The van der Waals surface area contributed by atoms with E-state index in [4.69, 9.17) is 23.2 Å². The summed E-state index contributed by atoms with van der Waals surface area (Å²) < 4.78 is 27.6. The molecular formula is C29H32BrCl2N3O4S. The van der Waals surface area contributed by atoms with Gasteiger partial charge in [0.2, 0.25) is 21.8 Å². The molecule has 2 amide bonds. The van der Waals surface area contributed by atoms with Crippen LogP contribution in [0.5, 0.6) is 0 Å². The van der Waals surface area contributed by atoms with E-state index >= 15 is 0 Å². The molecule has 3 aromatic carbocycles. The van der Waals surface area contributed by atoms with Gasteiger partial charge in [0.15, 0.2) is 0 Å². The standard InChI is InChI=1S/C29H32BrCl2N3O4S/c1-4-20(2)33-29(37)27(14-21-8-6-5-7-9-21)34(18-22-10-12-23(30)13-11-22)28(36)19-35(40(3,38)39)26-16-24(31)15-25(32)17-26/h5-13,15-17,20,27H,4,14,18-19H2,1-3H3,(H,33,37)/t20-,27-/m0/s1. The normalized spacial score (nSPS) is 12.8. The third-order valence-electron chi connectivity index (χ3n) is 6.35. The largest absolute Gasteiger partial charge is 0.352 e. The molecule has 0 radical (unpaired) electrons. The van der Waals surface area contributed by atoms with E-state index in [1.165, 1.54) is 23.1 Å². The van der Waals surface area contributed by atoms with Gasteiger partial charge in [-0.1, -0.05) is 88.5 Å². The average Bonchev–Trinajstić information content (AvgIpc) is 2.89. The molecule has 0 heterocycles. The lowest BCUT2D eigenvalue weighted by atomic mass is 10.0. The Balaban J connectivity index is 2.07. The van der Waals surface area contributed by atoms with Gasteiger partial charge >= 0.3 is 0 Å². The maximum Gasteiger partial charge on any atom is 0.244 e. The van der Waals surface area contributed by atoms with Crippen LogP contribution >= 0.6 is 39.1 Å². The summed E-state index contributed by atoms with van der Waals surface area (Å²) in [6.45, 7) is 3.40. The summed E-state index contributed by atoms with van der Waals surface area (Å²) in [4.78, 5) is 29.2. The molecule has 0 saturated heterocycles. The van der Waals surface area contributed by atoms with E-state index in [1.54, 1.807) is 0 Å². The van der Waals surface area contributed by atoms with Crippen LogP contribution in [0.4, 0.5) is 5.69 Å². The Morgan fingerprint density at radius 2 is 1.55 bits per heavy atom. The highest BCUT2D eigenvalue weighted by Gasteiger charge is 2.33. The molecule has 0 spiro atoms. The highest BCUT2D eigenvalue weighted by molar-refractivity contribution is 9.10. The van der Waals surface area contributed by atoms with E-state index in [0.29, 0.717) is 6.42 Å². The zero-order chi connectivity index (χ0) is 29.4. The van der Waals surface area contributed by atoms with Crippen molar-refractivity contribution in [2.75, 3.05) is 17.1 Å². The number of nitrogens with zero attached hydrogens (tertiary/aromatic N) is 2. The Kier molecular flexibility index (Phi) is 11.5. The minimum Gasteiger partial charge on any atom is -0.352 e.